The molecule has 8 nitrogen and oxygen atoms in total. The fourth-order valence-corrected chi connectivity index (χ4v) is 6.42. The molecule has 0 spiro atoms. The molecule has 6 rings (SSSR count). The van der Waals surface area contributed by atoms with Gasteiger partial charge in [-0.15, -0.1) is 0 Å². The largest absolute Gasteiger partial charge is 0.493 e. The highest BCUT2D eigenvalue weighted by Gasteiger charge is 2.54. The Balaban J connectivity index is 1.41. The van der Waals surface area contributed by atoms with Gasteiger partial charge in [-0.2, -0.15) is 5.10 Å². The number of nitrogens with one attached hydrogen (secondary N) is 2. The minimum atomic E-state index is -0.764. The van der Waals surface area contributed by atoms with Crippen molar-refractivity contribution in [1.29, 1.82) is 0 Å². The highest BCUT2D eigenvalue weighted by atomic mass is 16.3. The minimum absolute atomic E-state index is 0.105. The van der Waals surface area contributed by atoms with Crippen LogP contribution in [0.3, 0.4) is 0 Å². The molecule has 4 saturated carbocycles. The number of aromatic hydroxyl groups is 1. The van der Waals surface area contributed by atoms with Crippen LogP contribution in [-0.2, 0) is 4.79 Å². The Bertz CT molecular complexity index is 1200. The maximum Gasteiger partial charge on any atom is 0.335 e. The molecular formula is C24H28N4O4. The van der Waals surface area contributed by atoms with Gasteiger partial charge in [0, 0.05) is 0 Å². The first-order chi connectivity index (χ1) is 15.3. The SMILES string of the molecule is Cc1ccc(-n2c(O)c(C=NNC(=O)C34CC5CC(CC(C5)C3)C4)c(=O)[nH]c2=O)cc1C. The van der Waals surface area contributed by atoms with Crippen LogP contribution in [0.1, 0.15) is 55.2 Å². The molecule has 1 heterocycles. The van der Waals surface area contributed by atoms with Crippen LogP contribution >= 0.6 is 0 Å². The number of H-pyrrole nitrogens is 1. The number of carbonyl (C=O) groups is 1. The zero-order valence-corrected chi connectivity index (χ0v) is 18.4. The van der Waals surface area contributed by atoms with Gasteiger partial charge in [0.25, 0.3) is 5.56 Å². The lowest BCUT2D eigenvalue weighted by Crippen LogP contribution is -2.52. The van der Waals surface area contributed by atoms with Crippen LogP contribution < -0.4 is 16.7 Å². The lowest BCUT2D eigenvalue weighted by molar-refractivity contribution is -0.146. The number of amides is 1. The Hall–Kier alpha value is -3.16. The molecule has 1 aromatic carbocycles. The van der Waals surface area contributed by atoms with Crippen LogP contribution in [0.15, 0.2) is 32.9 Å². The van der Waals surface area contributed by atoms with E-state index in [4.69, 9.17) is 0 Å². The van der Waals surface area contributed by atoms with Crippen molar-refractivity contribution in [3.63, 3.8) is 0 Å². The van der Waals surface area contributed by atoms with E-state index in [1.807, 2.05) is 19.9 Å². The summed E-state index contributed by atoms with van der Waals surface area (Å²) in [6.45, 7) is 3.84. The molecule has 168 valence electrons. The number of carbonyl (C=O) groups excluding carboxylic acids is 1. The molecule has 0 atom stereocenters. The third-order valence-electron chi connectivity index (χ3n) is 7.75. The molecule has 1 amide bonds. The number of aromatic nitrogens is 2. The van der Waals surface area contributed by atoms with Crippen molar-refractivity contribution in [2.24, 2.45) is 28.3 Å². The topological polar surface area (TPSA) is 117 Å². The van der Waals surface area contributed by atoms with Crippen molar-refractivity contribution in [2.75, 3.05) is 0 Å². The first-order valence-electron chi connectivity index (χ1n) is 11.3. The van der Waals surface area contributed by atoms with Gasteiger partial charge in [-0.25, -0.2) is 14.8 Å². The van der Waals surface area contributed by atoms with E-state index in [-0.39, 0.29) is 16.9 Å². The summed E-state index contributed by atoms with van der Waals surface area (Å²) in [6.07, 6.45) is 7.54. The number of hydrazone groups is 1. The molecule has 4 aliphatic carbocycles. The Morgan fingerprint density at radius 1 is 1.12 bits per heavy atom. The molecule has 0 aliphatic heterocycles. The Morgan fingerprint density at radius 3 is 2.34 bits per heavy atom. The lowest BCUT2D eigenvalue weighted by atomic mass is 9.49. The maximum atomic E-state index is 13.0. The summed E-state index contributed by atoms with van der Waals surface area (Å²) in [5.74, 6) is 1.26. The molecule has 0 unspecified atom stereocenters. The fraction of sp³-hybridized carbons (Fsp3) is 0.500. The summed E-state index contributed by atoms with van der Waals surface area (Å²) in [6, 6.07) is 5.28. The normalized spacial score (nSPS) is 28.4. The quantitative estimate of drug-likeness (QED) is 0.504. The third kappa shape index (κ3) is 3.38. The first kappa shape index (κ1) is 20.7. The third-order valence-corrected chi connectivity index (χ3v) is 7.75. The zero-order chi connectivity index (χ0) is 22.6. The molecule has 4 bridgehead atoms. The standard InChI is InChI=1S/C24H28N4O4/c1-13-3-4-18(5-14(13)2)28-21(30)19(20(29)26-23(28)32)12-25-27-22(31)24-9-15-6-16(10-24)8-17(7-15)11-24/h3-5,12,15-17,30H,6-11H2,1-2H3,(H,27,31)(H,26,29,32). The average Bonchev–Trinajstić information content (AvgIpc) is 2.71. The predicted molar refractivity (Wildman–Crippen MR) is 120 cm³/mol. The van der Waals surface area contributed by atoms with E-state index in [0.29, 0.717) is 23.4 Å². The van der Waals surface area contributed by atoms with Gasteiger partial charge in [-0.3, -0.25) is 14.6 Å². The van der Waals surface area contributed by atoms with Crippen molar-refractivity contribution in [3.8, 4) is 11.6 Å². The summed E-state index contributed by atoms with van der Waals surface area (Å²) in [5.41, 5.74) is 2.97. The number of nitrogens with zero attached hydrogens (tertiary/aromatic N) is 2. The Kier molecular flexibility index (Phi) is 4.83. The van der Waals surface area contributed by atoms with Gasteiger partial charge in [0.15, 0.2) is 0 Å². The van der Waals surface area contributed by atoms with Gasteiger partial charge in [-0.1, -0.05) is 6.07 Å². The molecular weight excluding hydrogens is 408 g/mol. The average molecular weight is 437 g/mol. The molecule has 2 aromatic rings. The van der Waals surface area contributed by atoms with Crippen LogP contribution in [0.2, 0.25) is 0 Å². The van der Waals surface area contributed by atoms with Gasteiger partial charge in [0.05, 0.1) is 17.3 Å². The fourth-order valence-electron chi connectivity index (χ4n) is 6.42. The second kappa shape index (κ2) is 7.46. The first-order valence-corrected chi connectivity index (χ1v) is 11.3. The van der Waals surface area contributed by atoms with E-state index in [0.717, 1.165) is 41.2 Å². The van der Waals surface area contributed by atoms with Crippen LogP contribution in [0.4, 0.5) is 0 Å². The Labute approximate surface area is 185 Å². The highest BCUT2D eigenvalue weighted by Crippen LogP contribution is 2.60. The number of hydrogen-bond donors (Lipinski definition) is 3. The second-order valence-corrected chi connectivity index (χ2v) is 10.00. The molecule has 0 radical (unpaired) electrons. The summed E-state index contributed by atoms with van der Waals surface area (Å²) in [4.78, 5) is 40.0. The van der Waals surface area contributed by atoms with Crippen LogP contribution in [-0.4, -0.2) is 26.8 Å². The van der Waals surface area contributed by atoms with Crippen molar-refractivity contribution >= 4 is 12.1 Å². The van der Waals surface area contributed by atoms with Crippen LogP contribution in [0.5, 0.6) is 5.88 Å². The molecule has 8 heteroatoms. The van der Waals surface area contributed by atoms with Gasteiger partial charge >= 0.3 is 5.69 Å². The van der Waals surface area contributed by atoms with E-state index >= 15 is 0 Å². The van der Waals surface area contributed by atoms with Gasteiger partial charge < -0.3 is 5.11 Å². The Morgan fingerprint density at radius 2 is 1.75 bits per heavy atom. The summed E-state index contributed by atoms with van der Waals surface area (Å²) in [7, 11) is 0. The van der Waals surface area contributed by atoms with Crippen LogP contribution in [0.25, 0.3) is 5.69 Å². The number of benzene rings is 1. The number of aryl methyl sites for hydroxylation is 2. The van der Waals surface area contributed by atoms with Crippen molar-refractivity contribution < 1.29 is 9.90 Å². The van der Waals surface area contributed by atoms with Gasteiger partial charge in [0.1, 0.15) is 5.56 Å². The number of rotatable bonds is 4. The smallest absolute Gasteiger partial charge is 0.335 e. The molecule has 32 heavy (non-hydrogen) atoms. The van der Waals surface area contributed by atoms with E-state index in [2.05, 4.69) is 15.5 Å². The molecule has 4 fully saturated rings. The van der Waals surface area contributed by atoms with E-state index in [1.54, 1.807) is 12.1 Å². The summed E-state index contributed by atoms with van der Waals surface area (Å²) in [5, 5.41) is 14.7. The maximum absolute atomic E-state index is 13.0. The molecule has 0 saturated heterocycles. The molecule has 4 aliphatic rings. The van der Waals surface area contributed by atoms with E-state index in [1.165, 1.54) is 19.3 Å². The molecule has 3 N–H and O–H groups in total. The summed E-state index contributed by atoms with van der Waals surface area (Å²) >= 11 is 0. The van der Waals surface area contributed by atoms with Crippen molar-refractivity contribution in [1.82, 2.24) is 15.0 Å². The number of aromatic amines is 1. The predicted octanol–water partition coefficient (Wildman–Crippen LogP) is 2.51. The van der Waals surface area contributed by atoms with Crippen molar-refractivity contribution in [2.45, 2.75) is 52.4 Å². The van der Waals surface area contributed by atoms with Gasteiger partial charge in [0.2, 0.25) is 11.8 Å². The van der Waals surface area contributed by atoms with E-state index < -0.39 is 17.1 Å². The number of hydrogen-bond acceptors (Lipinski definition) is 5. The highest BCUT2D eigenvalue weighted by molar-refractivity contribution is 5.86. The van der Waals surface area contributed by atoms with Crippen molar-refractivity contribution in [3.05, 3.63) is 55.7 Å². The lowest BCUT2D eigenvalue weighted by Gasteiger charge is -2.55. The monoisotopic (exact) mass is 436 g/mol. The summed E-state index contributed by atoms with van der Waals surface area (Å²) < 4.78 is 1.02. The van der Waals surface area contributed by atoms with Crippen LogP contribution in [0, 0.1) is 37.0 Å². The van der Waals surface area contributed by atoms with E-state index in [9.17, 15) is 19.5 Å². The minimum Gasteiger partial charge on any atom is -0.493 e. The second-order valence-electron chi connectivity index (χ2n) is 10.00. The zero-order valence-electron chi connectivity index (χ0n) is 18.4. The molecule has 1 aromatic heterocycles. The van der Waals surface area contributed by atoms with Gasteiger partial charge in [-0.05, 0) is 93.4 Å².